The Bertz CT molecular complexity index is 1140. The van der Waals surface area contributed by atoms with E-state index < -0.39 is 0 Å². The molecule has 0 aliphatic rings. The van der Waals surface area contributed by atoms with Gasteiger partial charge in [0.15, 0.2) is 0 Å². The first-order valence-corrected chi connectivity index (χ1v) is 13.3. The van der Waals surface area contributed by atoms with Crippen LogP contribution in [0.5, 0.6) is 0 Å². The van der Waals surface area contributed by atoms with Crippen molar-refractivity contribution in [1.29, 1.82) is 0 Å². The molecule has 3 aromatic rings. The molecule has 3 N–H and O–H groups in total. The van der Waals surface area contributed by atoms with Gasteiger partial charge in [0, 0.05) is 48.7 Å². The molecule has 3 rings (SSSR count). The van der Waals surface area contributed by atoms with Crippen LogP contribution in [0.15, 0.2) is 18.2 Å². The minimum atomic E-state index is -0.144. The lowest BCUT2D eigenvalue weighted by atomic mass is 10.1. The molecule has 0 saturated carbocycles. The van der Waals surface area contributed by atoms with Crippen LogP contribution in [0, 0.1) is 6.92 Å². The van der Waals surface area contributed by atoms with E-state index in [1.807, 2.05) is 18.2 Å². The number of nitrogens with one attached hydrogen (secondary N) is 3. The lowest BCUT2D eigenvalue weighted by molar-refractivity contribution is -0.116. The maximum Gasteiger partial charge on any atom is 0.251 e. The van der Waals surface area contributed by atoms with Crippen LogP contribution in [-0.2, 0) is 16.0 Å². The van der Waals surface area contributed by atoms with E-state index in [4.69, 9.17) is 9.72 Å². The van der Waals surface area contributed by atoms with Crippen molar-refractivity contribution in [2.75, 3.05) is 32.1 Å². The number of rotatable bonds is 12. The summed E-state index contributed by atoms with van der Waals surface area (Å²) in [4.78, 5) is 31.2. The van der Waals surface area contributed by atoms with Crippen molar-refractivity contribution < 1.29 is 14.3 Å². The molecular formula is C25H34N4O3S2. The average Bonchev–Trinajstić information content (AvgIpc) is 3.33. The lowest BCUT2D eigenvalue weighted by Crippen LogP contribution is -2.27. The Kier molecular flexibility index (Phi) is 9.58. The highest BCUT2D eigenvalue weighted by molar-refractivity contribution is 7.22. The van der Waals surface area contributed by atoms with Crippen molar-refractivity contribution in [1.82, 2.24) is 15.6 Å². The van der Waals surface area contributed by atoms with Gasteiger partial charge in [-0.25, -0.2) is 4.98 Å². The molecule has 34 heavy (non-hydrogen) atoms. The van der Waals surface area contributed by atoms with E-state index in [0.717, 1.165) is 38.6 Å². The van der Waals surface area contributed by atoms with Crippen LogP contribution in [0.2, 0.25) is 0 Å². The predicted molar refractivity (Wildman–Crippen MR) is 142 cm³/mol. The highest BCUT2D eigenvalue weighted by Gasteiger charge is 2.22. The lowest BCUT2D eigenvalue weighted by Gasteiger charge is -2.09. The van der Waals surface area contributed by atoms with Crippen molar-refractivity contribution in [3.05, 3.63) is 34.2 Å². The Labute approximate surface area is 209 Å². The zero-order valence-electron chi connectivity index (χ0n) is 20.5. The SMILES string of the molecule is CCCc1c(C)sc(NC(=O)CCNC(C)C)c1-c1nc2cc(C(=O)NCCOC)ccc2s1. The number of amides is 2. The molecule has 0 aliphatic heterocycles. The summed E-state index contributed by atoms with van der Waals surface area (Å²) in [7, 11) is 1.60. The van der Waals surface area contributed by atoms with E-state index in [0.29, 0.717) is 37.7 Å². The van der Waals surface area contributed by atoms with Gasteiger partial charge >= 0.3 is 0 Å². The van der Waals surface area contributed by atoms with Gasteiger partial charge in [-0.2, -0.15) is 0 Å². The smallest absolute Gasteiger partial charge is 0.251 e. The van der Waals surface area contributed by atoms with Gasteiger partial charge in [-0.15, -0.1) is 22.7 Å². The monoisotopic (exact) mass is 502 g/mol. The van der Waals surface area contributed by atoms with Gasteiger partial charge in [0.1, 0.15) is 10.0 Å². The Morgan fingerprint density at radius 3 is 2.68 bits per heavy atom. The van der Waals surface area contributed by atoms with Crippen LogP contribution in [0.4, 0.5) is 5.00 Å². The Morgan fingerprint density at radius 1 is 1.18 bits per heavy atom. The number of aryl methyl sites for hydroxylation is 1. The topological polar surface area (TPSA) is 92.4 Å². The molecule has 1 aromatic carbocycles. The minimum absolute atomic E-state index is 0.00479. The number of aromatic nitrogens is 1. The molecular weight excluding hydrogens is 468 g/mol. The maximum atomic E-state index is 12.6. The number of hydrogen-bond donors (Lipinski definition) is 3. The fourth-order valence-electron chi connectivity index (χ4n) is 3.65. The highest BCUT2D eigenvalue weighted by atomic mass is 32.1. The summed E-state index contributed by atoms with van der Waals surface area (Å²) in [6.45, 7) is 9.96. The van der Waals surface area contributed by atoms with Crippen molar-refractivity contribution in [2.24, 2.45) is 0 Å². The van der Waals surface area contributed by atoms with E-state index in [1.165, 1.54) is 10.4 Å². The van der Waals surface area contributed by atoms with E-state index >= 15 is 0 Å². The number of methoxy groups -OCH3 is 1. The molecule has 2 amide bonds. The summed E-state index contributed by atoms with van der Waals surface area (Å²) < 4.78 is 6.00. The Morgan fingerprint density at radius 2 is 1.97 bits per heavy atom. The average molecular weight is 503 g/mol. The molecule has 9 heteroatoms. The standard InChI is InChI=1S/C25H34N4O3S2/c1-6-7-18-16(4)33-25(29-21(30)10-11-26-15(2)3)22(18)24-28-19-14-17(8-9-20(19)34-24)23(31)27-12-13-32-5/h8-9,14-15,26H,6-7,10-13H2,1-5H3,(H,27,31)(H,29,30). The zero-order valence-corrected chi connectivity index (χ0v) is 22.2. The largest absolute Gasteiger partial charge is 0.383 e. The quantitative estimate of drug-likeness (QED) is 0.304. The fourth-order valence-corrected chi connectivity index (χ4v) is 5.86. The second-order valence-corrected chi connectivity index (χ2v) is 10.7. The van der Waals surface area contributed by atoms with Crippen molar-refractivity contribution in [2.45, 2.75) is 53.0 Å². The minimum Gasteiger partial charge on any atom is -0.383 e. The summed E-state index contributed by atoms with van der Waals surface area (Å²) in [6, 6.07) is 5.93. The molecule has 0 aliphatic carbocycles. The van der Waals surface area contributed by atoms with Crippen LogP contribution >= 0.6 is 22.7 Å². The van der Waals surface area contributed by atoms with Crippen LogP contribution in [0.25, 0.3) is 20.8 Å². The molecule has 0 unspecified atom stereocenters. The molecule has 0 atom stereocenters. The first kappa shape index (κ1) is 26.3. The van der Waals surface area contributed by atoms with E-state index in [-0.39, 0.29) is 11.8 Å². The molecule has 0 spiro atoms. The first-order chi connectivity index (χ1) is 16.3. The summed E-state index contributed by atoms with van der Waals surface area (Å²) in [5, 5.41) is 11.0. The summed E-state index contributed by atoms with van der Waals surface area (Å²) in [6.07, 6.45) is 2.34. The molecule has 7 nitrogen and oxygen atoms in total. The van der Waals surface area contributed by atoms with Crippen molar-refractivity contribution in [3.63, 3.8) is 0 Å². The second-order valence-electron chi connectivity index (χ2n) is 8.45. The number of thiophene rings is 1. The van der Waals surface area contributed by atoms with Crippen LogP contribution in [0.3, 0.4) is 0 Å². The van der Waals surface area contributed by atoms with E-state index in [2.05, 4.69) is 43.6 Å². The number of benzene rings is 1. The van der Waals surface area contributed by atoms with Crippen LogP contribution < -0.4 is 16.0 Å². The summed E-state index contributed by atoms with van der Waals surface area (Å²) in [5.74, 6) is -0.149. The van der Waals surface area contributed by atoms with Gasteiger partial charge in [-0.1, -0.05) is 27.2 Å². The van der Waals surface area contributed by atoms with Gasteiger partial charge < -0.3 is 20.7 Å². The fraction of sp³-hybridized carbons (Fsp3) is 0.480. The van der Waals surface area contributed by atoms with Crippen molar-refractivity contribution in [3.8, 4) is 10.6 Å². The second kappa shape index (κ2) is 12.4. The number of hydrogen-bond acceptors (Lipinski definition) is 7. The summed E-state index contributed by atoms with van der Waals surface area (Å²) >= 11 is 3.20. The molecule has 2 heterocycles. The van der Waals surface area contributed by atoms with Gasteiger partial charge in [0.05, 0.1) is 16.8 Å². The number of carbonyl (C=O) groups is 2. The van der Waals surface area contributed by atoms with Gasteiger partial charge in [-0.3, -0.25) is 9.59 Å². The third-order valence-corrected chi connectivity index (χ3v) is 7.44. The normalized spacial score (nSPS) is 11.4. The number of thiazole rings is 1. The third-order valence-electron chi connectivity index (χ3n) is 5.32. The van der Waals surface area contributed by atoms with Gasteiger partial charge in [0.2, 0.25) is 5.91 Å². The summed E-state index contributed by atoms with van der Waals surface area (Å²) in [5.41, 5.74) is 3.60. The van der Waals surface area contributed by atoms with Crippen molar-refractivity contribution >= 4 is 49.7 Å². The zero-order chi connectivity index (χ0) is 24.7. The van der Waals surface area contributed by atoms with E-state index in [9.17, 15) is 9.59 Å². The molecule has 0 fully saturated rings. The molecule has 184 valence electrons. The Hall–Kier alpha value is -2.33. The molecule has 0 bridgehead atoms. The number of ether oxygens (including phenoxy) is 1. The number of fused-ring (bicyclic) bond motifs is 1. The Balaban J connectivity index is 1.90. The maximum absolute atomic E-state index is 12.6. The number of anilines is 1. The number of nitrogens with zero attached hydrogens (tertiary/aromatic N) is 1. The first-order valence-electron chi connectivity index (χ1n) is 11.7. The number of carbonyl (C=O) groups excluding carboxylic acids is 2. The molecule has 0 radical (unpaired) electrons. The van der Waals surface area contributed by atoms with E-state index in [1.54, 1.807) is 29.8 Å². The van der Waals surface area contributed by atoms with Crippen LogP contribution in [-0.4, -0.2) is 49.6 Å². The van der Waals surface area contributed by atoms with Gasteiger partial charge in [0.25, 0.3) is 5.91 Å². The van der Waals surface area contributed by atoms with Gasteiger partial charge in [-0.05, 0) is 37.1 Å². The molecule has 0 saturated heterocycles. The third kappa shape index (κ3) is 6.63. The highest BCUT2D eigenvalue weighted by Crippen LogP contribution is 2.44. The van der Waals surface area contributed by atoms with Crippen LogP contribution in [0.1, 0.15) is 54.4 Å². The molecule has 2 aromatic heterocycles. The predicted octanol–water partition coefficient (Wildman–Crippen LogP) is 4.99.